The lowest BCUT2D eigenvalue weighted by atomic mass is 10.4. The van der Waals surface area contributed by atoms with Crippen LogP contribution in [0.3, 0.4) is 0 Å². The molecule has 0 saturated carbocycles. The highest BCUT2D eigenvalue weighted by Crippen LogP contribution is 1.93. The summed E-state index contributed by atoms with van der Waals surface area (Å²) in [6.45, 7) is 0. The summed E-state index contributed by atoms with van der Waals surface area (Å²) in [6, 6.07) is 0. The van der Waals surface area contributed by atoms with E-state index in [0.717, 1.165) is 0 Å². The second-order valence-electron chi connectivity index (χ2n) is 1.55. The van der Waals surface area contributed by atoms with Gasteiger partial charge in [0.25, 0.3) is 10.1 Å². The minimum atomic E-state index is -3.76. The molecule has 0 aromatic carbocycles. The maximum atomic E-state index is 10.0. The summed E-state index contributed by atoms with van der Waals surface area (Å²) in [7, 11) is -3.76. The fraction of sp³-hybridized carbons (Fsp3) is 0.750. The van der Waals surface area contributed by atoms with E-state index in [1.54, 1.807) is 6.42 Å². The van der Waals surface area contributed by atoms with E-state index in [0.29, 0.717) is 12.2 Å². The lowest BCUT2D eigenvalue weighted by molar-refractivity contribution is 0.482. The zero-order chi connectivity index (χ0) is 7.33. The van der Waals surface area contributed by atoms with Crippen LogP contribution in [-0.2, 0) is 10.1 Å². The van der Waals surface area contributed by atoms with Crippen molar-refractivity contribution in [3.63, 3.8) is 0 Å². The van der Waals surface area contributed by atoms with Crippen LogP contribution in [0.5, 0.6) is 0 Å². The van der Waals surface area contributed by atoms with E-state index < -0.39 is 10.1 Å². The van der Waals surface area contributed by atoms with Gasteiger partial charge in [-0.2, -0.15) is 21.0 Å². The molecule has 0 heterocycles. The van der Waals surface area contributed by atoms with Crippen molar-refractivity contribution in [2.45, 2.75) is 6.42 Å². The van der Waals surface area contributed by atoms with E-state index in [1.165, 1.54) is 0 Å². The first-order chi connectivity index (χ1) is 4.06. The Hall–Kier alpha value is 0.260. The average Bonchev–Trinajstić information content (AvgIpc) is 1.63. The van der Waals surface area contributed by atoms with Gasteiger partial charge in [-0.25, -0.2) is 0 Å². The van der Waals surface area contributed by atoms with Gasteiger partial charge in [-0.05, 0) is 18.6 Å². The third-order valence-corrected chi connectivity index (χ3v) is 1.72. The first-order valence-corrected chi connectivity index (χ1v) is 4.68. The highest BCUT2D eigenvalue weighted by molar-refractivity contribution is 7.85. The van der Waals surface area contributed by atoms with E-state index >= 15 is 0 Å². The van der Waals surface area contributed by atoms with Crippen LogP contribution in [0.25, 0.3) is 0 Å². The van der Waals surface area contributed by atoms with Crippen molar-refractivity contribution >= 4 is 22.7 Å². The molecule has 0 atom stereocenters. The van der Waals surface area contributed by atoms with Gasteiger partial charge < -0.3 is 0 Å². The number of hydrogen-bond acceptors (Lipinski definition) is 3. The van der Waals surface area contributed by atoms with Gasteiger partial charge in [0, 0.05) is 0 Å². The quantitative estimate of drug-likeness (QED) is 0.364. The van der Waals surface area contributed by atoms with Gasteiger partial charge in [0.1, 0.15) is 0 Å². The van der Waals surface area contributed by atoms with Crippen LogP contribution in [0.15, 0.2) is 0 Å². The third-order valence-electron chi connectivity index (χ3n) is 0.709. The number of unbranched alkanes of at least 4 members (excludes halogenated alkanes) is 1. The van der Waals surface area contributed by atoms with Crippen molar-refractivity contribution in [3.05, 3.63) is 6.42 Å². The normalized spacial score (nSPS) is 11.8. The van der Waals surface area contributed by atoms with Crippen molar-refractivity contribution in [3.8, 4) is 0 Å². The molecule has 0 aromatic heterocycles. The summed E-state index contributed by atoms with van der Waals surface area (Å²) in [5.41, 5.74) is 0. The van der Waals surface area contributed by atoms with E-state index in [4.69, 9.17) is 4.55 Å². The Bertz CT molecular complexity index is 149. The van der Waals surface area contributed by atoms with Crippen LogP contribution in [0.4, 0.5) is 0 Å². The molecule has 1 N–H and O–H groups in total. The maximum Gasteiger partial charge on any atom is 0.264 e. The molecule has 0 aliphatic rings. The molecule has 0 bridgehead atoms. The van der Waals surface area contributed by atoms with Gasteiger partial charge in [-0.3, -0.25) is 4.55 Å². The zero-order valence-corrected chi connectivity index (χ0v) is 6.53. The van der Waals surface area contributed by atoms with E-state index in [9.17, 15) is 8.42 Å². The minimum absolute atomic E-state index is 0.201. The topological polar surface area (TPSA) is 54.4 Å². The van der Waals surface area contributed by atoms with Gasteiger partial charge in [0.2, 0.25) is 0 Å². The second-order valence-corrected chi connectivity index (χ2v) is 3.48. The molecule has 9 heavy (non-hydrogen) atoms. The van der Waals surface area contributed by atoms with Crippen LogP contribution in [0.2, 0.25) is 0 Å². The molecule has 55 valence electrons. The molecule has 0 rings (SSSR count). The first kappa shape index (κ1) is 9.26. The summed E-state index contributed by atoms with van der Waals surface area (Å²) in [5, 5.41) is 0. The Kier molecular flexibility index (Phi) is 4.26. The average molecular weight is 169 g/mol. The SMILES string of the molecule is O=S(=O)(O)CC[CH]CS. The molecule has 0 aliphatic carbocycles. The third kappa shape index (κ3) is 8.26. The van der Waals surface area contributed by atoms with Crippen LogP contribution < -0.4 is 0 Å². The van der Waals surface area contributed by atoms with Crippen molar-refractivity contribution < 1.29 is 13.0 Å². The van der Waals surface area contributed by atoms with E-state index in [1.807, 2.05) is 0 Å². The Balaban J connectivity index is 3.30. The fourth-order valence-corrected chi connectivity index (χ4v) is 0.971. The van der Waals surface area contributed by atoms with Gasteiger partial charge in [0.05, 0.1) is 5.75 Å². The molecule has 0 fully saturated rings. The molecule has 0 aromatic rings. The molecular formula is C4H9O3S2. The summed E-state index contributed by atoms with van der Waals surface area (Å²) in [5.74, 6) is 0.336. The smallest absolute Gasteiger partial charge is 0.264 e. The van der Waals surface area contributed by atoms with Gasteiger partial charge in [-0.15, -0.1) is 0 Å². The molecular weight excluding hydrogens is 160 g/mol. The summed E-state index contributed by atoms with van der Waals surface area (Å²) in [4.78, 5) is 0. The Morgan fingerprint density at radius 3 is 2.44 bits per heavy atom. The predicted molar refractivity (Wildman–Crippen MR) is 39.2 cm³/mol. The Labute approximate surface area is 60.6 Å². The first-order valence-electron chi connectivity index (χ1n) is 2.44. The van der Waals surface area contributed by atoms with E-state index in [2.05, 4.69) is 12.6 Å². The summed E-state index contributed by atoms with van der Waals surface area (Å²) < 4.78 is 28.2. The number of hydrogen-bond donors (Lipinski definition) is 2. The lowest BCUT2D eigenvalue weighted by Gasteiger charge is -1.92. The largest absolute Gasteiger partial charge is 0.286 e. The maximum absolute atomic E-state index is 10.0. The van der Waals surface area contributed by atoms with Crippen molar-refractivity contribution in [1.82, 2.24) is 0 Å². The van der Waals surface area contributed by atoms with Crippen molar-refractivity contribution in [2.24, 2.45) is 0 Å². The van der Waals surface area contributed by atoms with Crippen LogP contribution in [0, 0.1) is 6.42 Å². The van der Waals surface area contributed by atoms with Crippen LogP contribution in [0.1, 0.15) is 6.42 Å². The standard InChI is InChI=1S/C4H9O3S2/c5-9(6,7)4-2-1-3-8/h1,8H,2-4H2,(H,5,6,7). The number of rotatable bonds is 4. The molecule has 5 heteroatoms. The van der Waals surface area contributed by atoms with Gasteiger partial charge in [-0.1, -0.05) is 0 Å². The second kappa shape index (κ2) is 4.14. The number of thiol groups is 1. The Morgan fingerprint density at radius 1 is 1.56 bits per heavy atom. The van der Waals surface area contributed by atoms with Crippen molar-refractivity contribution in [1.29, 1.82) is 0 Å². The molecule has 0 saturated heterocycles. The highest BCUT2D eigenvalue weighted by atomic mass is 32.2. The molecule has 0 aliphatic heterocycles. The van der Waals surface area contributed by atoms with Crippen LogP contribution >= 0.6 is 12.6 Å². The summed E-state index contributed by atoms with van der Waals surface area (Å²) in [6.07, 6.45) is 2.04. The molecule has 0 amide bonds. The van der Waals surface area contributed by atoms with Gasteiger partial charge in [0.15, 0.2) is 0 Å². The highest BCUT2D eigenvalue weighted by Gasteiger charge is 2.01. The molecule has 1 radical (unpaired) electrons. The Morgan fingerprint density at radius 2 is 2.11 bits per heavy atom. The molecule has 0 spiro atoms. The minimum Gasteiger partial charge on any atom is -0.286 e. The van der Waals surface area contributed by atoms with Crippen LogP contribution in [-0.4, -0.2) is 24.5 Å². The molecule has 3 nitrogen and oxygen atoms in total. The summed E-state index contributed by atoms with van der Waals surface area (Å²) >= 11 is 3.82. The zero-order valence-electron chi connectivity index (χ0n) is 4.82. The lowest BCUT2D eigenvalue weighted by Crippen LogP contribution is -2.03. The van der Waals surface area contributed by atoms with Gasteiger partial charge >= 0.3 is 0 Å². The molecule has 0 unspecified atom stereocenters. The van der Waals surface area contributed by atoms with E-state index in [-0.39, 0.29) is 5.75 Å². The monoisotopic (exact) mass is 169 g/mol. The fourth-order valence-electron chi connectivity index (χ4n) is 0.324. The predicted octanol–water partition coefficient (Wildman–Crippen LogP) is 0.398. The van der Waals surface area contributed by atoms with Crippen molar-refractivity contribution in [2.75, 3.05) is 11.5 Å².